The quantitative estimate of drug-likeness (QED) is 0.789. The molecule has 6 heteroatoms. The van der Waals surface area contributed by atoms with E-state index < -0.39 is 0 Å². The summed E-state index contributed by atoms with van der Waals surface area (Å²) < 4.78 is 5.12. The second kappa shape index (κ2) is 7.19. The molecule has 0 N–H and O–H groups in total. The number of carbonyl (C=O) groups is 1. The van der Waals surface area contributed by atoms with Crippen LogP contribution in [0.1, 0.15) is 39.1 Å². The van der Waals surface area contributed by atoms with Gasteiger partial charge in [0.25, 0.3) is 0 Å². The Balaban J connectivity index is 1.52. The van der Waals surface area contributed by atoms with Crippen molar-refractivity contribution >= 4 is 17.1 Å². The molecule has 1 aromatic carbocycles. The number of aromatic nitrogens is 2. The number of rotatable bonds is 5. The Bertz CT molecular complexity index is 661. The van der Waals surface area contributed by atoms with Crippen molar-refractivity contribution in [2.75, 3.05) is 26.7 Å². The van der Waals surface area contributed by atoms with Gasteiger partial charge in [0.1, 0.15) is 15.8 Å². The van der Waals surface area contributed by atoms with Crippen LogP contribution < -0.4 is 4.74 Å². The minimum Gasteiger partial charge on any atom is -0.497 e. The lowest BCUT2D eigenvalue weighted by Gasteiger charge is -2.30. The van der Waals surface area contributed by atoms with Crippen LogP contribution in [0.4, 0.5) is 0 Å². The Labute approximate surface area is 140 Å². The molecule has 0 amide bonds. The van der Waals surface area contributed by atoms with Crippen LogP contribution >= 0.6 is 11.3 Å². The Hall–Kier alpha value is -1.79. The lowest BCUT2D eigenvalue weighted by atomic mass is 9.97. The van der Waals surface area contributed by atoms with Crippen molar-refractivity contribution in [2.45, 2.75) is 25.7 Å². The minimum absolute atomic E-state index is 0.165. The van der Waals surface area contributed by atoms with Crippen LogP contribution in [0.5, 0.6) is 5.75 Å². The van der Waals surface area contributed by atoms with Crippen molar-refractivity contribution in [3.63, 3.8) is 0 Å². The summed E-state index contributed by atoms with van der Waals surface area (Å²) in [5.41, 5.74) is 0.743. The van der Waals surface area contributed by atoms with Crippen molar-refractivity contribution in [1.29, 1.82) is 0 Å². The highest BCUT2D eigenvalue weighted by Crippen LogP contribution is 2.29. The normalized spacial score (nSPS) is 16.4. The summed E-state index contributed by atoms with van der Waals surface area (Å²) >= 11 is 1.69. The number of hydrogen-bond acceptors (Lipinski definition) is 6. The van der Waals surface area contributed by atoms with Crippen LogP contribution in [0.2, 0.25) is 0 Å². The average Bonchev–Trinajstić information content (AvgIpc) is 3.02. The fourth-order valence-electron chi connectivity index (χ4n) is 2.89. The largest absolute Gasteiger partial charge is 0.497 e. The summed E-state index contributed by atoms with van der Waals surface area (Å²) in [6.07, 6.45) is 2.09. The zero-order chi connectivity index (χ0) is 16.2. The molecule has 0 atom stereocenters. The number of hydrogen-bond donors (Lipinski definition) is 0. The van der Waals surface area contributed by atoms with Crippen LogP contribution in [0.25, 0.3) is 0 Å². The van der Waals surface area contributed by atoms with Gasteiger partial charge in [-0.05, 0) is 57.1 Å². The van der Waals surface area contributed by atoms with E-state index in [9.17, 15) is 4.79 Å². The SMILES string of the molecule is COc1ccc(C(=O)CN2CCC(c3nnc(C)s3)CC2)cc1. The van der Waals surface area contributed by atoms with Gasteiger partial charge in [0.15, 0.2) is 5.78 Å². The van der Waals surface area contributed by atoms with E-state index in [-0.39, 0.29) is 5.78 Å². The van der Waals surface area contributed by atoms with E-state index in [1.807, 2.05) is 31.2 Å². The van der Waals surface area contributed by atoms with E-state index >= 15 is 0 Å². The Morgan fingerprint density at radius 2 is 1.96 bits per heavy atom. The number of carbonyl (C=O) groups excluding carboxylic acids is 1. The van der Waals surface area contributed by atoms with Gasteiger partial charge in [0.05, 0.1) is 13.7 Å². The van der Waals surface area contributed by atoms with Crippen LogP contribution in [-0.2, 0) is 0 Å². The highest BCUT2D eigenvalue weighted by atomic mass is 32.1. The Kier molecular flexibility index (Phi) is 5.03. The molecule has 1 aliphatic rings. The van der Waals surface area contributed by atoms with Crippen molar-refractivity contribution in [3.8, 4) is 5.75 Å². The van der Waals surface area contributed by atoms with Gasteiger partial charge in [-0.25, -0.2) is 0 Å². The third-order valence-corrected chi connectivity index (χ3v) is 5.26. The minimum atomic E-state index is 0.165. The predicted octanol–water partition coefficient (Wildman–Crippen LogP) is 2.92. The number of aryl methyl sites for hydroxylation is 1. The molecule has 1 fully saturated rings. The summed E-state index contributed by atoms with van der Waals surface area (Å²) in [4.78, 5) is 14.6. The summed E-state index contributed by atoms with van der Waals surface area (Å²) in [5, 5.41) is 10.5. The standard InChI is InChI=1S/C17H21N3O2S/c1-12-18-19-17(23-12)14-7-9-20(10-8-14)11-16(21)13-3-5-15(22-2)6-4-13/h3-6,14H,7-11H2,1-2H3. The van der Waals surface area contributed by atoms with Crippen LogP contribution in [-0.4, -0.2) is 47.6 Å². The number of ketones is 1. The summed E-state index contributed by atoms with van der Waals surface area (Å²) in [6, 6.07) is 7.32. The molecule has 23 heavy (non-hydrogen) atoms. The molecule has 0 saturated carbocycles. The third-order valence-electron chi connectivity index (χ3n) is 4.26. The van der Waals surface area contributed by atoms with Crippen molar-refractivity contribution < 1.29 is 9.53 Å². The molecule has 5 nitrogen and oxygen atoms in total. The lowest BCUT2D eigenvalue weighted by Crippen LogP contribution is -2.36. The topological polar surface area (TPSA) is 55.3 Å². The molecular formula is C17H21N3O2S. The van der Waals surface area contributed by atoms with E-state index in [0.717, 1.165) is 47.3 Å². The fraction of sp³-hybridized carbons (Fsp3) is 0.471. The molecule has 2 heterocycles. The van der Waals surface area contributed by atoms with Gasteiger partial charge in [-0.3, -0.25) is 9.69 Å². The zero-order valence-corrected chi connectivity index (χ0v) is 14.3. The molecule has 2 aromatic rings. The first-order valence-electron chi connectivity index (χ1n) is 7.85. The summed E-state index contributed by atoms with van der Waals surface area (Å²) in [7, 11) is 1.63. The van der Waals surface area contributed by atoms with E-state index in [4.69, 9.17) is 4.74 Å². The van der Waals surface area contributed by atoms with Gasteiger partial charge in [-0.1, -0.05) is 0 Å². The first kappa shape index (κ1) is 16.1. The highest BCUT2D eigenvalue weighted by Gasteiger charge is 2.24. The van der Waals surface area contributed by atoms with E-state index in [1.54, 1.807) is 18.4 Å². The van der Waals surface area contributed by atoms with Gasteiger partial charge in [0.2, 0.25) is 0 Å². The number of benzene rings is 1. The summed E-state index contributed by atoms with van der Waals surface area (Å²) in [6.45, 7) is 4.34. The Morgan fingerprint density at radius 1 is 1.26 bits per heavy atom. The first-order chi connectivity index (χ1) is 11.2. The molecule has 0 radical (unpaired) electrons. The van der Waals surface area contributed by atoms with Gasteiger partial charge < -0.3 is 4.74 Å². The van der Waals surface area contributed by atoms with E-state index in [1.165, 1.54) is 0 Å². The number of ether oxygens (including phenoxy) is 1. The monoisotopic (exact) mass is 331 g/mol. The number of methoxy groups -OCH3 is 1. The first-order valence-corrected chi connectivity index (χ1v) is 8.67. The maximum Gasteiger partial charge on any atom is 0.176 e. The maximum atomic E-state index is 12.4. The van der Waals surface area contributed by atoms with Crippen LogP contribution in [0.3, 0.4) is 0 Å². The smallest absolute Gasteiger partial charge is 0.176 e. The van der Waals surface area contributed by atoms with Gasteiger partial charge in [0, 0.05) is 11.5 Å². The number of Topliss-reactive ketones (excluding diaryl/α,β-unsaturated/α-hetero) is 1. The lowest BCUT2D eigenvalue weighted by molar-refractivity contribution is 0.0909. The van der Waals surface area contributed by atoms with E-state index in [0.29, 0.717) is 12.5 Å². The van der Waals surface area contributed by atoms with E-state index in [2.05, 4.69) is 15.1 Å². The molecule has 0 aliphatic carbocycles. The van der Waals surface area contributed by atoms with Crippen LogP contribution in [0.15, 0.2) is 24.3 Å². The number of piperidine rings is 1. The van der Waals surface area contributed by atoms with Gasteiger partial charge >= 0.3 is 0 Å². The highest BCUT2D eigenvalue weighted by molar-refractivity contribution is 7.11. The van der Waals surface area contributed by atoms with Crippen LogP contribution in [0, 0.1) is 6.92 Å². The van der Waals surface area contributed by atoms with Gasteiger partial charge in [-0.15, -0.1) is 21.5 Å². The zero-order valence-electron chi connectivity index (χ0n) is 13.5. The third kappa shape index (κ3) is 3.95. The molecule has 1 aliphatic heterocycles. The predicted molar refractivity (Wildman–Crippen MR) is 90.4 cm³/mol. The fourth-order valence-corrected chi connectivity index (χ4v) is 3.75. The second-order valence-electron chi connectivity index (χ2n) is 5.86. The number of likely N-dealkylation sites (tertiary alicyclic amines) is 1. The maximum absolute atomic E-state index is 12.4. The van der Waals surface area contributed by atoms with Crippen molar-refractivity contribution in [2.24, 2.45) is 0 Å². The van der Waals surface area contributed by atoms with Crippen molar-refractivity contribution in [3.05, 3.63) is 39.8 Å². The van der Waals surface area contributed by atoms with Gasteiger partial charge in [-0.2, -0.15) is 0 Å². The second-order valence-corrected chi connectivity index (χ2v) is 7.07. The summed E-state index contributed by atoms with van der Waals surface area (Å²) in [5.74, 6) is 1.43. The molecule has 0 unspecified atom stereocenters. The molecule has 1 aromatic heterocycles. The molecule has 1 saturated heterocycles. The molecule has 3 rings (SSSR count). The average molecular weight is 331 g/mol. The van der Waals surface area contributed by atoms with Crippen molar-refractivity contribution in [1.82, 2.24) is 15.1 Å². The Morgan fingerprint density at radius 3 is 2.52 bits per heavy atom. The molecular weight excluding hydrogens is 310 g/mol. The number of nitrogens with zero attached hydrogens (tertiary/aromatic N) is 3. The molecule has 122 valence electrons. The molecule has 0 bridgehead atoms. The molecule has 0 spiro atoms.